The van der Waals surface area contributed by atoms with E-state index in [4.69, 9.17) is 0 Å². The SMILES string of the molecule is CCCC(C)(O)CNc1c([N+](=O)[O-])nc(C)n1C. The third-order valence-electron chi connectivity index (χ3n) is 2.90. The quantitative estimate of drug-likeness (QED) is 0.595. The van der Waals surface area contributed by atoms with Gasteiger partial charge in [-0.3, -0.25) is 4.57 Å². The number of nitrogens with zero attached hydrogens (tertiary/aromatic N) is 3. The van der Waals surface area contributed by atoms with Crippen molar-refractivity contribution in [1.82, 2.24) is 9.55 Å². The fraction of sp³-hybridized carbons (Fsp3) is 0.727. The van der Waals surface area contributed by atoms with E-state index >= 15 is 0 Å². The molecule has 0 bridgehead atoms. The first kappa shape index (κ1) is 14.4. The fourth-order valence-electron chi connectivity index (χ4n) is 1.82. The van der Waals surface area contributed by atoms with E-state index in [0.29, 0.717) is 18.1 Å². The van der Waals surface area contributed by atoms with Crippen LogP contribution in [0.15, 0.2) is 0 Å². The molecule has 7 nitrogen and oxygen atoms in total. The molecule has 1 rings (SSSR count). The summed E-state index contributed by atoms with van der Waals surface area (Å²) in [6, 6.07) is 0. The number of nitrogens with one attached hydrogen (secondary N) is 1. The smallest absolute Gasteiger partial charge is 0.388 e. The van der Waals surface area contributed by atoms with E-state index in [2.05, 4.69) is 10.3 Å². The molecule has 7 heteroatoms. The van der Waals surface area contributed by atoms with Gasteiger partial charge in [-0.15, -0.1) is 0 Å². The lowest BCUT2D eigenvalue weighted by Crippen LogP contribution is -2.33. The Balaban J connectivity index is 2.87. The predicted molar refractivity (Wildman–Crippen MR) is 68.6 cm³/mol. The van der Waals surface area contributed by atoms with E-state index in [0.717, 1.165) is 6.42 Å². The lowest BCUT2D eigenvalue weighted by Gasteiger charge is -2.23. The molecule has 0 saturated heterocycles. The molecule has 1 aromatic heterocycles. The van der Waals surface area contributed by atoms with Gasteiger partial charge in [-0.05, 0) is 23.3 Å². The maximum atomic E-state index is 10.9. The molecule has 1 aromatic rings. The van der Waals surface area contributed by atoms with E-state index in [1.165, 1.54) is 0 Å². The van der Waals surface area contributed by atoms with Crippen molar-refractivity contribution in [2.24, 2.45) is 7.05 Å². The van der Waals surface area contributed by atoms with Gasteiger partial charge >= 0.3 is 5.82 Å². The molecule has 0 spiro atoms. The lowest BCUT2D eigenvalue weighted by atomic mass is 10.0. The number of aryl methyl sites for hydroxylation is 1. The van der Waals surface area contributed by atoms with Crippen molar-refractivity contribution in [3.8, 4) is 0 Å². The first-order valence-corrected chi connectivity index (χ1v) is 5.92. The van der Waals surface area contributed by atoms with Gasteiger partial charge in [0.15, 0.2) is 0 Å². The first-order valence-electron chi connectivity index (χ1n) is 5.92. The molecule has 0 saturated carbocycles. The fourth-order valence-corrected chi connectivity index (χ4v) is 1.82. The number of rotatable bonds is 6. The summed E-state index contributed by atoms with van der Waals surface area (Å²) in [5, 5.41) is 23.8. The van der Waals surface area contributed by atoms with Crippen LogP contribution in [0.3, 0.4) is 0 Å². The van der Waals surface area contributed by atoms with Crippen LogP contribution in [0.1, 0.15) is 32.5 Å². The second kappa shape index (κ2) is 5.34. The van der Waals surface area contributed by atoms with Crippen molar-refractivity contribution in [2.45, 2.75) is 39.2 Å². The summed E-state index contributed by atoms with van der Waals surface area (Å²) in [5.41, 5.74) is -0.888. The van der Waals surface area contributed by atoms with Crippen molar-refractivity contribution < 1.29 is 10.0 Å². The van der Waals surface area contributed by atoms with E-state index in [-0.39, 0.29) is 12.4 Å². The number of anilines is 1. The molecule has 1 unspecified atom stereocenters. The molecule has 1 atom stereocenters. The minimum atomic E-state index is -0.888. The number of nitro groups is 1. The third kappa shape index (κ3) is 3.19. The molecule has 0 aliphatic carbocycles. The monoisotopic (exact) mass is 256 g/mol. The molecule has 2 N–H and O–H groups in total. The molecular weight excluding hydrogens is 236 g/mol. The van der Waals surface area contributed by atoms with Gasteiger partial charge in [0.05, 0.1) is 5.60 Å². The standard InChI is InChI=1S/C11H20N4O3/c1-5-6-11(3,16)7-12-9-10(15(17)18)13-8(2)14(9)4/h12,16H,5-7H2,1-4H3. The summed E-state index contributed by atoms with van der Waals surface area (Å²) in [7, 11) is 1.70. The van der Waals surface area contributed by atoms with Crippen LogP contribution >= 0.6 is 0 Å². The van der Waals surface area contributed by atoms with Gasteiger partial charge in [0.1, 0.15) is 0 Å². The second-order valence-corrected chi connectivity index (χ2v) is 4.75. The molecular formula is C11H20N4O3. The Morgan fingerprint density at radius 1 is 1.61 bits per heavy atom. The summed E-state index contributed by atoms with van der Waals surface area (Å²) in [5.74, 6) is 0.676. The zero-order valence-corrected chi connectivity index (χ0v) is 11.2. The molecule has 0 amide bonds. The predicted octanol–water partition coefficient (Wildman–Crippen LogP) is 1.60. The van der Waals surface area contributed by atoms with Gasteiger partial charge in [0, 0.05) is 20.5 Å². The van der Waals surface area contributed by atoms with E-state index < -0.39 is 10.5 Å². The molecule has 102 valence electrons. The van der Waals surface area contributed by atoms with Crippen molar-refractivity contribution in [3.63, 3.8) is 0 Å². The van der Waals surface area contributed by atoms with Gasteiger partial charge in [0.2, 0.25) is 11.6 Å². The van der Waals surface area contributed by atoms with Gasteiger partial charge in [-0.25, -0.2) is 0 Å². The van der Waals surface area contributed by atoms with Crippen molar-refractivity contribution in [2.75, 3.05) is 11.9 Å². The summed E-state index contributed by atoms with van der Waals surface area (Å²) >= 11 is 0. The van der Waals surface area contributed by atoms with Gasteiger partial charge in [-0.1, -0.05) is 13.3 Å². The number of aromatic nitrogens is 2. The van der Waals surface area contributed by atoms with Crippen LogP contribution in [-0.4, -0.2) is 31.7 Å². The summed E-state index contributed by atoms with van der Waals surface area (Å²) in [4.78, 5) is 14.2. The molecule has 0 aliphatic rings. The zero-order chi connectivity index (χ0) is 13.9. The molecule has 0 radical (unpaired) electrons. The minimum absolute atomic E-state index is 0.206. The van der Waals surface area contributed by atoms with Crippen LogP contribution in [0.25, 0.3) is 0 Å². The summed E-state index contributed by atoms with van der Waals surface area (Å²) in [6.45, 7) is 5.63. The Bertz CT molecular complexity index is 440. The maximum absolute atomic E-state index is 10.9. The number of hydrogen-bond donors (Lipinski definition) is 2. The molecule has 0 fully saturated rings. The van der Waals surface area contributed by atoms with Crippen LogP contribution in [0.4, 0.5) is 11.6 Å². The summed E-state index contributed by atoms with van der Waals surface area (Å²) in [6.07, 6.45) is 1.48. The first-order chi connectivity index (χ1) is 8.28. The second-order valence-electron chi connectivity index (χ2n) is 4.75. The van der Waals surface area contributed by atoms with Crippen molar-refractivity contribution >= 4 is 11.6 Å². The number of hydrogen-bond acceptors (Lipinski definition) is 5. The Morgan fingerprint density at radius 3 is 2.72 bits per heavy atom. The molecule has 0 aliphatic heterocycles. The van der Waals surface area contributed by atoms with Crippen LogP contribution in [0.5, 0.6) is 0 Å². The Labute approximate surface area is 106 Å². The highest BCUT2D eigenvalue weighted by Gasteiger charge is 2.26. The Morgan fingerprint density at radius 2 is 2.22 bits per heavy atom. The minimum Gasteiger partial charge on any atom is -0.388 e. The van der Waals surface area contributed by atoms with Crippen LogP contribution in [-0.2, 0) is 7.05 Å². The van der Waals surface area contributed by atoms with E-state index in [1.807, 2.05) is 6.92 Å². The highest BCUT2D eigenvalue weighted by Crippen LogP contribution is 2.24. The van der Waals surface area contributed by atoms with Gasteiger partial charge in [0.25, 0.3) is 0 Å². The van der Waals surface area contributed by atoms with Crippen LogP contribution in [0, 0.1) is 17.0 Å². The van der Waals surface area contributed by atoms with Crippen LogP contribution < -0.4 is 5.32 Å². The Kier molecular flexibility index (Phi) is 4.28. The van der Waals surface area contributed by atoms with Crippen LogP contribution in [0.2, 0.25) is 0 Å². The van der Waals surface area contributed by atoms with Gasteiger partial charge < -0.3 is 20.5 Å². The normalized spacial score (nSPS) is 14.3. The highest BCUT2D eigenvalue weighted by molar-refractivity contribution is 5.53. The van der Waals surface area contributed by atoms with E-state index in [1.54, 1.807) is 25.5 Å². The third-order valence-corrected chi connectivity index (χ3v) is 2.90. The maximum Gasteiger partial charge on any atom is 0.406 e. The molecule has 1 heterocycles. The van der Waals surface area contributed by atoms with E-state index in [9.17, 15) is 15.2 Å². The average Bonchev–Trinajstić information content (AvgIpc) is 2.53. The largest absolute Gasteiger partial charge is 0.406 e. The lowest BCUT2D eigenvalue weighted by molar-refractivity contribution is -0.388. The topological polar surface area (TPSA) is 93.2 Å². The molecule has 0 aromatic carbocycles. The van der Waals surface area contributed by atoms with Gasteiger partial charge in [-0.2, -0.15) is 0 Å². The average molecular weight is 256 g/mol. The Hall–Kier alpha value is -1.63. The van der Waals surface area contributed by atoms with Crippen molar-refractivity contribution in [3.05, 3.63) is 15.9 Å². The van der Waals surface area contributed by atoms with Crippen molar-refractivity contribution in [1.29, 1.82) is 0 Å². The zero-order valence-electron chi connectivity index (χ0n) is 11.2. The summed E-state index contributed by atoms with van der Waals surface area (Å²) < 4.78 is 1.61. The number of imidazole rings is 1. The number of aliphatic hydroxyl groups is 1. The highest BCUT2D eigenvalue weighted by atomic mass is 16.6. The molecule has 18 heavy (non-hydrogen) atoms.